The smallest absolute Gasteiger partial charge is 0.260 e. The lowest BCUT2D eigenvalue weighted by molar-refractivity contribution is -0.117. The van der Waals surface area contributed by atoms with Gasteiger partial charge in [0.2, 0.25) is 0 Å². The van der Waals surface area contributed by atoms with E-state index >= 15 is 0 Å². The van der Waals surface area contributed by atoms with Gasteiger partial charge in [-0.15, -0.1) is 0 Å². The van der Waals surface area contributed by atoms with Crippen molar-refractivity contribution in [3.63, 3.8) is 0 Å². The molecule has 0 aromatic carbocycles. The second-order valence-electron chi connectivity index (χ2n) is 6.74. The fourth-order valence-electron chi connectivity index (χ4n) is 3.64. The topological polar surface area (TPSA) is 60.8 Å². The van der Waals surface area contributed by atoms with Crippen LogP contribution >= 0.6 is 11.8 Å². The first kappa shape index (κ1) is 16.6. The number of allylic oxidation sites excluding steroid dienone is 1. The highest BCUT2D eigenvalue weighted by Gasteiger charge is 2.34. The lowest BCUT2D eigenvalue weighted by atomic mass is 10.0. The van der Waals surface area contributed by atoms with Crippen LogP contribution in [0.5, 0.6) is 0 Å². The number of amides is 1. The molecule has 132 valence electrons. The van der Waals surface area contributed by atoms with Gasteiger partial charge in [-0.3, -0.25) is 19.7 Å². The van der Waals surface area contributed by atoms with Crippen LogP contribution in [-0.4, -0.2) is 58.1 Å². The molecule has 25 heavy (non-hydrogen) atoms. The maximum absolute atomic E-state index is 12.7. The average molecular weight is 357 g/mol. The van der Waals surface area contributed by atoms with Crippen molar-refractivity contribution >= 4 is 22.8 Å². The standard InChI is InChI=1S/C18H23N5OS/c1-13-16(25-18-20-7-9-23(13)18)17(24)21-15-5-3-8-22(12-15)11-14-4-2-6-19-10-14/h2,4,6,10,15H,3,5,7-9,11-12H2,1H3,(H,21,24)/t15-/m1/s1. The number of aromatic nitrogens is 1. The molecule has 1 aromatic rings. The molecule has 0 saturated carbocycles. The molecule has 1 fully saturated rings. The lowest BCUT2D eigenvalue weighted by Crippen LogP contribution is -2.47. The summed E-state index contributed by atoms with van der Waals surface area (Å²) >= 11 is 1.51. The van der Waals surface area contributed by atoms with Crippen LogP contribution in [0.4, 0.5) is 0 Å². The maximum Gasteiger partial charge on any atom is 0.260 e. The number of nitrogens with one attached hydrogen (secondary N) is 1. The van der Waals surface area contributed by atoms with Crippen LogP contribution in [0.3, 0.4) is 0 Å². The Morgan fingerprint density at radius 2 is 2.36 bits per heavy atom. The number of nitrogens with zero attached hydrogens (tertiary/aromatic N) is 4. The Balaban J connectivity index is 1.35. The Morgan fingerprint density at radius 1 is 1.44 bits per heavy atom. The molecule has 1 saturated heterocycles. The molecule has 0 radical (unpaired) electrons. The number of rotatable bonds is 4. The van der Waals surface area contributed by atoms with Gasteiger partial charge < -0.3 is 10.2 Å². The highest BCUT2D eigenvalue weighted by Crippen LogP contribution is 2.36. The van der Waals surface area contributed by atoms with E-state index in [9.17, 15) is 4.79 Å². The third kappa shape index (κ3) is 3.57. The largest absolute Gasteiger partial charge is 0.348 e. The van der Waals surface area contributed by atoms with E-state index in [-0.39, 0.29) is 11.9 Å². The Labute approximate surface area is 152 Å². The Kier molecular flexibility index (Phi) is 4.76. The first-order valence-corrected chi connectivity index (χ1v) is 9.65. The molecule has 0 bridgehead atoms. The zero-order valence-electron chi connectivity index (χ0n) is 14.4. The second kappa shape index (κ2) is 7.17. The van der Waals surface area contributed by atoms with Gasteiger partial charge in [0.1, 0.15) is 0 Å². The molecule has 1 atom stereocenters. The monoisotopic (exact) mass is 357 g/mol. The zero-order chi connectivity index (χ0) is 17.2. The number of pyridine rings is 1. The Morgan fingerprint density at radius 3 is 3.16 bits per heavy atom. The fraction of sp³-hybridized carbons (Fsp3) is 0.500. The maximum atomic E-state index is 12.7. The molecule has 3 aliphatic rings. The van der Waals surface area contributed by atoms with Gasteiger partial charge in [-0.1, -0.05) is 6.07 Å². The number of thioether (sulfide) groups is 1. The number of hydrogen-bond acceptors (Lipinski definition) is 6. The van der Waals surface area contributed by atoms with Gasteiger partial charge in [-0.25, -0.2) is 0 Å². The third-order valence-corrected chi connectivity index (χ3v) is 6.12. The van der Waals surface area contributed by atoms with Crippen LogP contribution in [0, 0.1) is 0 Å². The van der Waals surface area contributed by atoms with Crippen LogP contribution in [0.25, 0.3) is 0 Å². The predicted octanol–water partition coefficient (Wildman–Crippen LogP) is 1.81. The van der Waals surface area contributed by atoms with E-state index in [1.807, 2.05) is 19.2 Å². The number of carbonyl (C=O) groups excluding carboxylic acids is 1. The lowest BCUT2D eigenvalue weighted by Gasteiger charge is -2.33. The molecule has 1 amide bonds. The minimum absolute atomic E-state index is 0.0489. The van der Waals surface area contributed by atoms with Crippen molar-refractivity contribution in [2.45, 2.75) is 32.4 Å². The van der Waals surface area contributed by atoms with Crippen molar-refractivity contribution in [3.05, 3.63) is 40.7 Å². The number of fused-ring (bicyclic) bond motifs is 1. The fourth-order valence-corrected chi connectivity index (χ4v) is 4.73. The van der Waals surface area contributed by atoms with Crippen LogP contribution < -0.4 is 5.32 Å². The van der Waals surface area contributed by atoms with Gasteiger partial charge in [-0.05, 0) is 49.7 Å². The summed E-state index contributed by atoms with van der Waals surface area (Å²) in [6.45, 7) is 6.60. The number of hydrogen-bond donors (Lipinski definition) is 1. The van der Waals surface area contributed by atoms with Crippen molar-refractivity contribution in [1.82, 2.24) is 20.1 Å². The van der Waals surface area contributed by atoms with E-state index in [1.165, 1.54) is 17.3 Å². The van der Waals surface area contributed by atoms with Gasteiger partial charge in [-0.2, -0.15) is 0 Å². The number of amidine groups is 1. The van der Waals surface area contributed by atoms with Gasteiger partial charge in [0.05, 0.1) is 11.4 Å². The summed E-state index contributed by atoms with van der Waals surface area (Å²) in [5, 5.41) is 4.22. The molecular weight excluding hydrogens is 334 g/mol. The van der Waals surface area contributed by atoms with E-state index in [0.29, 0.717) is 0 Å². The summed E-state index contributed by atoms with van der Waals surface area (Å²) in [7, 11) is 0. The minimum Gasteiger partial charge on any atom is -0.348 e. The highest BCUT2D eigenvalue weighted by molar-refractivity contribution is 8.18. The van der Waals surface area contributed by atoms with E-state index in [1.54, 1.807) is 6.20 Å². The van der Waals surface area contributed by atoms with Gasteiger partial charge >= 0.3 is 0 Å². The van der Waals surface area contributed by atoms with Crippen molar-refractivity contribution in [1.29, 1.82) is 0 Å². The first-order chi connectivity index (χ1) is 12.2. The molecule has 4 rings (SSSR count). The summed E-state index contributed by atoms with van der Waals surface area (Å²) in [6.07, 6.45) is 5.86. The minimum atomic E-state index is 0.0489. The molecule has 6 nitrogen and oxygen atoms in total. The quantitative estimate of drug-likeness (QED) is 0.891. The van der Waals surface area contributed by atoms with E-state index in [4.69, 9.17) is 0 Å². The molecule has 0 aliphatic carbocycles. The summed E-state index contributed by atoms with van der Waals surface area (Å²) < 4.78 is 0. The van der Waals surface area contributed by atoms with Crippen molar-refractivity contribution < 1.29 is 4.79 Å². The molecule has 0 spiro atoms. The zero-order valence-corrected chi connectivity index (χ0v) is 15.3. The SMILES string of the molecule is CC1=C(C(=O)N[C@@H]2CCCN(Cc3cccnc3)C2)SC2=NCCN21. The number of carbonyl (C=O) groups is 1. The van der Waals surface area contributed by atoms with Crippen molar-refractivity contribution in [2.24, 2.45) is 4.99 Å². The van der Waals surface area contributed by atoms with Crippen LogP contribution in [0.15, 0.2) is 40.1 Å². The summed E-state index contributed by atoms with van der Waals surface area (Å²) in [6, 6.07) is 4.28. The average Bonchev–Trinajstić information content (AvgIpc) is 3.19. The molecule has 7 heteroatoms. The van der Waals surface area contributed by atoms with E-state index in [2.05, 4.69) is 31.2 Å². The number of likely N-dealkylation sites (tertiary alicyclic amines) is 1. The summed E-state index contributed by atoms with van der Waals surface area (Å²) in [5.74, 6) is 0.0489. The van der Waals surface area contributed by atoms with Crippen molar-refractivity contribution in [3.8, 4) is 0 Å². The van der Waals surface area contributed by atoms with E-state index < -0.39 is 0 Å². The van der Waals surface area contributed by atoms with Crippen LogP contribution in [0.1, 0.15) is 25.3 Å². The highest BCUT2D eigenvalue weighted by atomic mass is 32.2. The Bertz CT molecular complexity index is 717. The molecular formula is C18H23N5OS. The third-order valence-electron chi connectivity index (χ3n) is 4.90. The summed E-state index contributed by atoms with van der Waals surface area (Å²) in [5.41, 5.74) is 2.26. The Hall–Kier alpha value is -1.86. The molecule has 1 aromatic heterocycles. The first-order valence-electron chi connectivity index (χ1n) is 8.83. The number of piperidine rings is 1. The molecule has 4 heterocycles. The number of aliphatic imine (C=N–C) groups is 1. The second-order valence-corrected chi connectivity index (χ2v) is 7.72. The van der Waals surface area contributed by atoms with Crippen LogP contribution in [0.2, 0.25) is 0 Å². The normalized spacial score (nSPS) is 23.6. The molecule has 3 aliphatic heterocycles. The van der Waals surface area contributed by atoms with Gasteiger partial charge in [0.25, 0.3) is 5.91 Å². The van der Waals surface area contributed by atoms with E-state index in [0.717, 1.165) is 61.3 Å². The summed E-state index contributed by atoms with van der Waals surface area (Å²) in [4.78, 5) is 26.7. The molecule has 1 N–H and O–H groups in total. The predicted molar refractivity (Wildman–Crippen MR) is 100.0 cm³/mol. The van der Waals surface area contributed by atoms with Crippen molar-refractivity contribution in [2.75, 3.05) is 26.2 Å². The van der Waals surface area contributed by atoms with Gasteiger partial charge in [0, 0.05) is 43.8 Å². The molecule has 0 unspecified atom stereocenters. The van der Waals surface area contributed by atoms with Gasteiger partial charge in [0.15, 0.2) is 5.17 Å². The van der Waals surface area contributed by atoms with Crippen LogP contribution in [-0.2, 0) is 11.3 Å².